The van der Waals surface area contributed by atoms with Gasteiger partial charge in [-0.3, -0.25) is 14.5 Å². The summed E-state index contributed by atoms with van der Waals surface area (Å²) in [7, 11) is 0. The third kappa shape index (κ3) is 4.68. The predicted molar refractivity (Wildman–Crippen MR) is 143 cm³/mol. The molecular formula is C26H17BrCl2N2O2S. The molecule has 170 valence electrons. The normalized spacial score (nSPS) is 15.1. The van der Waals surface area contributed by atoms with Gasteiger partial charge < -0.3 is 4.57 Å². The van der Waals surface area contributed by atoms with Crippen LogP contribution in [0.5, 0.6) is 0 Å². The van der Waals surface area contributed by atoms with Crippen LogP contribution in [0, 0.1) is 0 Å². The summed E-state index contributed by atoms with van der Waals surface area (Å²) in [5.41, 5.74) is 3.86. The van der Waals surface area contributed by atoms with Crippen molar-refractivity contribution < 1.29 is 9.59 Å². The average molecular weight is 572 g/mol. The van der Waals surface area contributed by atoms with E-state index in [0.717, 1.165) is 43.8 Å². The number of amides is 2. The Morgan fingerprint density at radius 1 is 0.882 bits per heavy atom. The molecule has 2 amide bonds. The SMILES string of the molecule is O=C1S/C(=C\c2cn(Cc3ccc(Br)cc3)c3ccccc23)C(=O)N1Cc1ccc(Cl)c(Cl)c1. The van der Waals surface area contributed by atoms with Crippen molar-refractivity contribution in [1.29, 1.82) is 0 Å². The first-order chi connectivity index (χ1) is 16.4. The van der Waals surface area contributed by atoms with Gasteiger partial charge in [-0.1, -0.05) is 75.5 Å². The minimum atomic E-state index is -0.314. The molecule has 0 bridgehead atoms. The van der Waals surface area contributed by atoms with Gasteiger partial charge in [0.05, 0.1) is 21.5 Å². The van der Waals surface area contributed by atoms with Gasteiger partial charge in [0, 0.05) is 33.7 Å². The summed E-state index contributed by atoms with van der Waals surface area (Å²) < 4.78 is 3.19. The second-order valence-electron chi connectivity index (χ2n) is 7.87. The predicted octanol–water partition coefficient (Wildman–Crippen LogP) is 8.00. The quantitative estimate of drug-likeness (QED) is 0.228. The highest BCUT2D eigenvalue weighted by Crippen LogP contribution is 2.35. The lowest BCUT2D eigenvalue weighted by Crippen LogP contribution is -2.27. The molecule has 0 radical (unpaired) electrons. The van der Waals surface area contributed by atoms with E-state index in [1.54, 1.807) is 24.3 Å². The Bertz CT molecular complexity index is 1460. The molecule has 8 heteroatoms. The molecule has 1 fully saturated rings. The number of rotatable bonds is 5. The lowest BCUT2D eigenvalue weighted by atomic mass is 10.1. The summed E-state index contributed by atoms with van der Waals surface area (Å²) >= 11 is 16.5. The molecule has 4 nitrogen and oxygen atoms in total. The van der Waals surface area contributed by atoms with Crippen LogP contribution in [-0.4, -0.2) is 20.6 Å². The molecule has 1 aliphatic heterocycles. The Morgan fingerprint density at radius 2 is 1.62 bits per heavy atom. The van der Waals surface area contributed by atoms with E-state index >= 15 is 0 Å². The smallest absolute Gasteiger partial charge is 0.293 e. The van der Waals surface area contributed by atoms with Crippen LogP contribution >= 0.6 is 50.9 Å². The zero-order valence-corrected chi connectivity index (χ0v) is 21.6. The largest absolute Gasteiger partial charge is 0.342 e. The van der Waals surface area contributed by atoms with Crippen LogP contribution in [-0.2, 0) is 17.9 Å². The van der Waals surface area contributed by atoms with Crippen molar-refractivity contribution in [2.24, 2.45) is 0 Å². The standard InChI is InChI=1S/C26H17BrCl2N2O2S/c27-19-8-5-16(6-9-19)13-30-15-18(20-3-1-2-4-23(20)30)12-24-25(32)31(26(33)34-24)14-17-7-10-21(28)22(29)11-17/h1-12,15H,13-14H2/b24-12-. The monoisotopic (exact) mass is 570 g/mol. The van der Waals surface area contributed by atoms with Gasteiger partial charge in [0.15, 0.2) is 0 Å². The minimum absolute atomic E-state index is 0.143. The molecule has 0 atom stereocenters. The first-order valence-electron chi connectivity index (χ1n) is 10.4. The first kappa shape index (κ1) is 23.2. The number of carbonyl (C=O) groups is 2. The van der Waals surface area contributed by atoms with E-state index in [1.807, 2.05) is 36.5 Å². The summed E-state index contributed by atoms with van der Waals surface area (Å²) in [4.78, 5) is 27.4. The number of nitrogens with zero attached hydrogens (tertiary/aromatic N) is 2. The number of halogens is 3. The minimum Gasteiger partial charge on any atom is -0.342 e. The topological polar surface area (TPSA) is 42.3 Å². The average Bonchev–Trinajstić information content (AvgIpc) is 3.30. The molecule has 0 unspecified atom stereocenters. The van der Waals surface area contributed by atoms with E-state index in [9.17, 15) is 9.59 Å². The Hall–Kier alpha value is -2.51. The zero-order chi connectivity index (χ0) is 23.8. The fourth-order valence-corrected chi connectivity index (χ4v) is 5.32. The Morgan fingerprint density at radius 3 is 2.38 bits per heavy atom. The molecule has 1 aromatic heterocycles. The number of fused-ring (bicyclic) bond motifs is 1. The molecule has 0 spiro atoms. The molecule has 34 heavy (non-hydrogen) atoms. The summed E-state index contributed by atoms with van der Waals surface area (Å²) in [5, 5.41) is 1.54. The van der Waals surface area contributed by atoms with Crippen LogP contribution in [0.1, 0.15) is 16.7 Å². The molecule has 1 saturated heterocycles. The Kier molecular flexibility index (Phi) is 6.58. The van der Waals surface area contributed by atoms with E-state index in [2.05, 4.69) is 38.7 Å². The van der Waals surface area contributed by atoms with Crippen molar-refractivity contribution in [3.05, 3.63) is 109 Å². The molecule has 3 aromatic carbocycles. The van der Waals surface area contributed by atoms with Gasteiger partial charge in [-0.2, -0.15) is 0 Å². The maximum absolute atomic E-state index is 13.1. The second-order valence-corrected chi connectivity index (χ2v) is 10.6. The summed E-state index contributed by atoms with van der Waals surface area (Å²) in [6.45, 7) is 0.838. The van der Waals surface area contributed by atoms with E-state index in [0.29, 0.717) is 21.5 Å². The van der Waals surface area contributed by atoms with Crippen molar-refractivity contribution in [2.75, 3.05) is 0 Å². The molecule has 0 N–H and O–H groups in total. The van der Waals surface area contributed by atoms with Crippen molar-refractivity contribution in [2.45, 2.75) is 13.1 Å². The van der Waals surface area contributed by atoms with Crippen LogP contribution in [0.15, 0.2) is 82.3 Å². The van der Waals surface area contributed by atoms with Gasteiger partial charge in [-0.25, -0.2) is 0 Å². The fourth-order valence-electron chi connectivity index (χ4n) is 3.91. The van der Waals surface area contributed by atoms with Gasteiger partial charge >= 0.3 is 0 Å². The van der Waals surface area contributed by atoms with Crippen molar-refractivity contribution in [1.82, 2.24) is 9.47 Å². The number of imide groups is 1. The third-order valence-corrected chi connectivity index (χ3v) is 7.75. The van der Waals surface area contributed by atoms with Crippen LogP contribution in [0.25, 0.3) is 17.0 Å². The van der Waals surface area contributed by atoms with E-state index < -0.39 is 0 Å². The maximum Gasteiger partial charge on any atom is 0.293 e. The van der Waals surface area contributed by atoms with Crippen molar-refractivity contribution in [3.8, 4) is 0 Å². The van der Waals surface area contributed by atoms with Gasteiger partial charge in [-0.05, 0) is 59.3 Å². The number of thioether (sulfide) groups is 1. The first-order valence-corrected chi connectivity index (χ1v) is 12.8. The Balaban J connectivity index is 1.44. The summed E-state index contributed by atoms with van der Waals surface area (Å²) in [5.74, 6) is -0.314. The highest BCUT2D eigenvalue weighted by atomic mass is 79.9. The number of hydrogen-bond donors (Lipinski definition) is 0. The van der Waals surface area contributed by atoms with Gasteiger partial charge in [0.2, 0.25) is 0 Å². The molecule has 1 aliphatic rings. The molecule has 2 heterocycles. The summed E-state index contributed by atoms with van der Waals surface area (Å²) in [6.07, 6.45) is 3.83. The molecule has 5 rings (SSSR count). The maximum atomic E-state index is 13.1. The number of aromatic nitrogens is 1. The highest BCUT2D eigenvalue weighted by Gasteiger charge is 2.35. The number of para-hydroxylation sites is 1. The fraction of sp³-hybridized carbons (Fsp3) is 0.0769. The van der Waals surface area contributed by atoms with Gasteiger partial charge in [0.1, 0.15) is 0 Å². The summed E-state index contributed by atoms with van der Waals surface area (Å²) in [6, 6.07) is 21.3. The van der Waals surface area contributed by atoms with Crippen molar-refractivity contribution in [3.63, 3.8) is 0 Å². The van der Waals surface area contributed by atoms with Crippen LogP contribution in [0.2, 0.25) is 10.0 Å². The molecule has 0 saturated carbocycles. The Labute approximate surface area is 219 Å². The number of hydrogen-bond acceptors (Lipinski definition) is 3. The zero-order valence-electron chi connectivity index (χ0n) is 17.7. The molecule has 4 aromatic rings. The number of carbonyl (C=O) groups excluding carboxylic acids is 2. The lowest BCUT2D eigenvalue weighted by molar-refractivity contribution is -0.123. The molecule has 0 aliphatic carbocycles. The van der Waals surface area contributed by atoms with E-state index in [-0.39, 0.29) is 17.7 Å². The third-order valence-electron chi connectivity index (χ3n) is 5.57. The number of benzene rings is 3. The molecular weight excluding hydrogens is 555 g/mol. The van der Waals surface area contributed by atoms with Crippen LogP contribution < -0.4 is 0 Å². The van der Waals surface area contributed by atoms with Crippen LogP contribution in [0.3, 0.4) is 0 Å². The van der Waals surface area contributed by atoms with Crippen LogP contribution in [0.4, 0.5) is 4.79 Å². The van der Waals surface area contributed by atoms with E-state index in [4.69, 9.17) is 23.2 Å². The van der Waals surface area contributed by atoms with E-state index in [1.165, 1.54) is 4.90 Å². The van der Waals surface area contributed by atoms with Gasteiger partial charge in [0.25, 0.3) is 11.1 Å². The van der Waals surface area contributed by atoms with Crippen molar-refractivity contribution >= 4 is 79.0 Å². The lowest BCUT2D eigenvalue weighted by Gasteiger charge is -2.12. The second kappa shape index (κ2) is 9.62. The van der Waals surface area contributed by atoms with Gasteiger partial charge in [-0.15, -0.1) is 0 Å². The highest BCUT2D eigenvalue weighted by molar-refractivity contribution is 9.10.